The van der Waals surface area contributed by atoms with Gasteiger partial charge in [-0.1, -0.05) is 13.3 Å². The number of aromatic nitrogens is 1. The topological polar surface area (TPSA) is 34.6 Å². The number of ether oxygens (including phenoxy) is 2. The van der Waals surface area contributed by atoms with Gasteiger partial charge in [-0.05, 0) is 74.9 Å². The summed E-state index contributed by atoms with van der Waals surface area (Å²) in [4.78, 5) is 6.01. The van der Waals surface area contributed by atoms with E-state index in [4.69, 9.17) is 9.47 Å². The molecule has 2 aromatic rings. The van der Waals surface area contributed by atoms with Gasteiger partial charge in [-0.2, -0.15) is 26.3 Å². The lowest BCUT2D eigenvalue weighted by Gasteiger charge is -2.34. The average molecular weight is 517 g/mol. The van der Waals surface area contributed by atoms with Crippen LogP contribution in [0.5, 0.6) is 11.5 Å². The van der Waals surface area contributed by atoms with Crippen LogP contribution in [0.2, 0.25) is 0 Å². The summed E-state index contributed by atoms with van der Waals surface area (Å²) >= 11 is 0. The van der Waals surface area contributed by atoms with Gasteiger partial charge < -0.3 is 14.4 Å². The Kier molecular flexibility index (Phi) is 8.79. The Morgan fingerprint density at radius 1 is 1.03 bits per heavy atom. The Bertz CT molecular complexity index is 1030. The zero-order valence-corrected chi connectivity index (χ0v) is 20.4. The molecule has 0 bridgehead atoms. The zero-order valence-electron chi connectivity index (χ0n) is 20.4. The van der Waals surface area contributed by atoms with Gasteiger partial charge in [0.25, 0.3) is 0 Å². The van der Waals surface area contributed by atoms with Gasteiger partial charge in [-0.15, -0.1) is 0 Å². The van der Waals surface area contributed by atoms with Crippen LogP contribution in [0.3, 0.4) is 0 Å². The summed E-state index contributed by atoms with van der Waals surface area (Å²) in [6, 6.07) is 5.62. The first-order valence-electron chi connectivity index (χ1n) is 11.8. The van der Waals surface area contributed by atoms with E-state index in [1.807, 2.05) is 11.8 Å². The normalized spacial score (nSPS) is 19.3. The molecule has 0 N–H and O–H groups in total. The van der Waals surface area contributed by atoms with Crippen molar-refractivity contribution in [1.29, 1.82) is 0 Å². The van der Waals surface area contributed by atoms with Crippen molar-refractivity contribution in [3.05, 3.63) is 59.5 Å². The van der Waals surface area contributed by atoms with Crippen molar-refractivity contribution >= 4 is 5.82 Å². The van der Waals surface area contributed by atoms with Gasteiger partial charge in [0, 0.05) is 19.3 Å². The van der Waals surface area contributed by atoms with Crippen molar-refractivity contribution < 1.29 is 35.8 Å². The highest BCUT2D eigenvalue weighted by molar-refractivity contribution is 5.45. The molecule has 2 heterocycles. The van der Waals surface area contributed by atoms with Crippen molar-refractivity contribution in [3.63, 3.8) is 0 Å². The highest BCUT2D eigenvalue weighted by Gasteiger charge is 2.33. The van der Waals surface area contributed by atoms with Gasteiger partial charge in [0.15, 0.2) is 11.5 Å². The molecule has 1 aliphatic rings. The summed E-state index contributed by atoms with van der Waals surface area (Å²) in [6.45, 7) is 6.72. The molecule has 4 nitrogen and oxygen atoms in total. The Labute approximate surface area is 206 Å². The lowest BCUT2D eigenvalue weighted by atomic mass is 9.93. The first-order chi connectivity index (χ1) is 16.9. The van der Waals surface area contributed by atoms with Crippen molar-refractivity contribution in [2.45, 2.75) is 64.9 Å². The van der Waals surface area contributed by atoms with Gasteiger partial charge in [0.05, 0.1) is 23.5 Å². The molecule has 0 amide bonds. The zero-order chi connectivity index (χ0) is 26.5. The molecule has 36 heavy (non-hydrogen) atoms. The van der Waals surface area contributed by atoms with Crippen molar-refractivity contribution in [2.24, 2.45) is 5.92 Å². The number of nitrogens with zero attached hydrogens (tertiary/aromatic N) is 2. The second kappa shape index (κ2) is 11.4. The van der Waals surface area contributed by atoms with E-state index in [0.29, 0.717) is 38.2 Å². The molecule has 10 heteroatoms. The molecule has 1 aromatic carbocycles. The van der Waals surface area contributed by atoms with Crippen molar-refractivity contribution in [2.75, 3.05) is 18.0 Å². The van der Waals surface area contributed by atoms with E-state index in [9.17, 15) is 26.3 Å². The fourth-order valence-electron chi connectivity index (χ4n) is 4.06. The van der Waals surface area contributed by atoms with Gasteiger partial charge in [0.1, 0.15) is 5.82 Å². The summed E-state index contributed by atoms with van der Waals surface area (Å²) in [6.07, 6.45) is -4.24. The van der Waals surface area contributed by atoms with Crippen LogP contribution >= 0.6 is 0 Å². The fourth-order valence-corrected chi connectivity index (χ4v) is 4.06. The third kappa shape index (κ3) is 7.54. The van der Waals surface area contributed by atoms with Crippen LogP contribution < -0.4 is 14.4 Å². The van der Waals surface area contributed by atoms with E-state index in [1.54, 1.807) is 13.8 Å². The average Bonchev–Trinajstić information content (AvgIpc) is 2.78. The van der Waals surface area contributed by atoms with E-state index in [1.165, 1.54) is 18.4 Å². The number of benzene rings is 1. The van der Waals surface area contributed by atoms with E-state index >= 15 is 0 Å². The Hall–Kier alpha value is -2.91. The summed E-state index contributed by atoms with van der Waals surface area (Å²) in [5, 5.41) is 0. The van der Waals surface area contributed by atoms with Crippen molar-refractivity contribution in [1.82, 2.24) is 4.98 Å². The van der Waals surface area contributed by atoms with Crippen LogP contribution in [0.25, 0.3) is 0 Å². The lowest BCUT2D eigenvalue weighted by molar-refractivity contribution is -0.138. The van der Waals surface area contributed by atoms with Crippen molar-refractivity contribution in [3.8, 4) is 11.5 Å². The highest BCUT2D eigenvalue weighted by Crippen LogP contribution is 2.38. The molecular formula is C26H30F6N2O2. The van der Waals surface area contributed by atoms with Crippen LogP contribution in [0.4, 0.5) is 32.2 Å². The minimum Gasteiger partial charge on any atom is -0.487 e. The number of allylic oxidation sites excluding steroid dienone is 1. The standard InChI is InChI=1S/C26H30F6N2O2/c1-4-18-12-21(6-5-11-34(15-18)24-10-8-20(14-33-24)26(30,31)32)36-22-9-7-19(25(27,28)29)13-23(22)35-16-17(2)3/h7-10,13-14,16,18,21H,4-6,11-12,15H2,1-3H3. The number of alkyl halides is 6. The monoisotopic (exact) mass is 516 g/mol. The molecule has 1 fully saturated rings. The second-order valence-corrected chi connectivity index (χ2v) is 9.21. The summed E-state index contributed by atoms with van der Waals surface area (Å²) < 4.78 is 90.0. The Morgan fingerprint density at radius 2 is 1.72 bits per heavy atom. The maximum absolute atomic E-state index is 13.2. The first kappa shape index (κ1) is 27.7. The van der Waals surface area contributed by atoms with Crippen LogP contribution in [0, 0.1) is 5.92 Å². The molecule has 2 unspecified atom stereocenters. The first-order valence-corrected chi connectivity index (χ1v) is 11.8. The Balaban J connectivity index is 1.75. The van der Waals surface area contributed by atoms with Gasteiger partial charge in [-0.25, -0.2) is 4.98 Å². The maximum atomic E-state index is 13.2. The van der Waals surface area contributed by atoms with E-state index in [-0.39, 0.29) is 23.5 Å². The van der Waals surface area contributed by atoms with Crippen LogP contribution in [0.15, 0.2) is 48.4 Å². The largest absolute Gasteiger partial charge is 0.487 e. The second-order valence-electron chi connectivity index (χ2n) is 9.21. The maximum Gasteiger partial charge on any atom is 0.417 e. The minimum atomic E-state index is -4.51. The number of anilines is 1. The van der Waals surface area contributed by atoms with E-state index < -0.39 is 23.5 Å². The Morgan fingerprint density at radius 3 is 2.31 bits per heavy atom. The molecule has 0 spiro atoms. The minimum absolute atomic E-state index is 0.00304. The third-order valence-electron chi connectivity index (χ3n) is 5.99. The van der Waals surface area contributed by atoms with Crippen LogP contribution in [-0.2, 0) is 12.4 Å². The highest BCUT2D eigenvalue weighted by atomic mass is 19.4. The molecule has 0 saturated carbocycles. The lowest BCUT2D eigenvalue weighted by Crippen LogP contribution is -2.37. The van der Waals surface area contributed by atoms with Gasteiger partial charge in [0.2, 0.25) is 0 Å². The quantitative estimate of drug-likeness (QED) is 0.289. The smallest absolute Gasteiger partial charge is 0.417 e. The SMILES string of the molecule is CCC1CC(Oc2ccc(C(F)(F)F)cc2OC=C(C)C)CCCN(c2ccc(C(F)(F)F)cn2)C1. The molecule has 3 rings (SSSR count). The molecule has 0 aliphatic carbocycles. The number of hydrogen-bond donors (Lipinski definition) is 0. The fraction of sp³-hybridized carbons (Fsp3) is 0.500. The van der Waals surface area contributed by atoms with E-state index in [0.717, 1.165) is 36.4 Å². The summed E-state index contributed by atoms with van der Waals surface area (Å²) in [7, 11) is 0. The molecule has 1 saturated heterocycles. The van der Waals surface area contributed by atoms with Gasteiger partial charge in [-0.3, -0.25) is 0 Å². The third-order valence-corrected chi connectivity index (χ3v) is 5.99. The number of rotatable bonds is 6. The predicted octanol–water partition coefficient (Wildman–Crippen LogP) is 7.89. The molecule has 1 aliphatic heterocycles. The van der Waals surface area contributed by atoms with Gasteiger partial charge >= 0.3 is 12.4 Å². The molecule has 198 valence electrons. The van der Waals surface area contributed by atoms with E-state index in [2.05, 4.69) is 4.98 Å². The number of halogens is 6. The predicted molar refractivity (Wildman–Crippen MR) is 125 cm³/mol. The molecular weight excluding hydrogens is 486 g/mol. The van der Waals surface area contributed by atoms with Crippen LogP contribution in [-0.4, -0.2) is 24.2 Å². The molecule has 1 aromatic heterocycles. The molecule has 0 radical (unpaired) electrons. The number of hydrogen-bond acceptors (Lipinski definition) is 4. The summed E-state index contributed by atoms with van der Waals surface area (Å²) in [5.74, 6) is 0.871. The van der Waals surface area contributed by atoms with Crippen LogP contribution in [0.1, 0.15) is 57.6 Å². The molecule has 2 atom stereocenters. The number of pyridine rings is 1. The summed E-state index contributed by atoms with van der Waals surface area (Å²) in [5.41, 5.74) is -0.829.